The quantitative estimate of drug-likeness (QED) is 0.764. The normalized spacial score (nSPS) is 27.7. The molecule has 0 saturated carbocycles. The predicted octanol–water partition coefficient (Wildman–Crippen LogP) is 1.18. The van der Waals surface area contributed by atoms with Crippen molar-refractivity contribution < 1.29 is 4.79 Å². The number of piperidine rings is 1. The lowest BCUT2D eigenvalue weighted by atomic mass is 9.72. The van der Waals surface area contributed by atoms with Crippen LogP contribution in [0.3, 0.4) is 0 Å². The Morgan fingerprint density at radius 1 is 1.37 bits per heavy atom. The van der Waals surface area contributed by atoms with Crippen molar-refractivity contribution in [1.29, 1.82) is 0 Å². The molecule has 0 radical (unpaired) electrons. The molecule has 0 bridgehead atoms. The van der Waals surface area contributed by atoms with Crippen molar-refractivity contribution in [1.82, 2.24) is 19.8 Å². The third-order valence-corrected chi connectivity index (χ3v) is 4.25. The molecule has 19 heavy (non-hydrogen) atoms. The van der Waals surface area contributed by atoms with E-state index >= 15 is 0 Å². The Kier molecular flexibility index (Phi) is 3.19. The van der Waals surface area contributed by atoms with Gasteiger partial charge in [-0.15, -0.1) is 0 Å². The first-order valence-corrected chi connectivity index (χ1v) is 6.91. The van der Waals surface area contributed by atoms with E-state index in [0.717, 1.165) is 44.7 Å². The largest absolute Gasteiger partial charge is 0.344 e. The molecule has 2 fully saturated rings. The number of amides is 1. The number of nitrogens with zero attached hydrogens (tertiary/aromatic N) is 4. The van der Waals surface area contributed by atoms with E-state index in [9.17, 15) is 4.79 Å². The molecule has 2 aliphatic heterocycles. The summed E-state index contributed by atoms with van der Waals surface area (Å²) < 4.78 is 0. The molecule has 0 N–H and O–H groups in total. The number of likely N-dealkylation sites (tertiary alicyclic amines) is 2. The highest BCUT2D eigenvalue weighted by atomic mass is 35.5. The first kappa shape index (κ1) is 12.8. The van der Waals surface area contributed by atoms with Gasteiger partial charge in [-0.25, -0.2) is 4.98 Å². The summed E-state index contributed by atoms with van der Waals surface area (Å²) in [6.07, 6.45) is 5.36. The molecule has 102 valence electrons. The molecule has 3 rings (SSSR count). The standard InChI is InChI=1S/C13H17ClN4O/c1-17-8-13(12(17)19)3-2-4-18(9-13)7-10-5-16-11(14)6-15-10/h5-6H,2-4,7-9H2,1H3. The molecule has 5 nitrogen and oxygen atoms in total. The Bertz CT molecular complexity index is 488. The van der Waals surface area contributed by atoms with Crippen molar-refractivity contribution in [2.24, 2.45) is 5.41 Å². The molecule has 0 aliphatic carbocycles. The number of halogens is 1. The number of carbonyl (C=O) groups excluding carboxylic acids is 1. The van der Waals surface area contributed by atoms with Crippen LogP contribution in [0.1, 0.15) is 18.5 Å². The van der Waals surface area contributed by atoms with E-state index in [1.165, 1.54) is 0 Å². The first-order valence-electron chi connectivity index (χ1n) is 6.53. The van der Waals surface area contributed by atoms with Crippen LogP contribution in [0.5, 0.6) is 0 Å². The average molecular weight is 281 g/mol. The molecule has 1 spiro atoms. The van der Waals surface area contributed by atoms with Crippen LogP contribution >= 0.6 is 11.6 Å². The lowest BCUT2D eigenvalue weighted by Crippen LogP contribution is -2.65. The molecule has 1 atom stereocenters. The fourth-order valence-corrected chi connectivity index (χ4v) is 3.32. The van der Waals surface area contributed by atoms with Gasteiger partial charge in [0.25, 0.3) is 0 Å². The molecule has 3 heterocycles. The van der Waals surface area contributed by atoms with Crippen LogP contribution in [0.2, 0.25) is 5.15 Å². The summed E-state index contributed by atoms with van der Waals surface area (Å²) in [6, 6.07) is 0. The summed E-state index contributed by atoms with van der Waals surface area (Å²) in [6.45, 7) is 3.47. The number of rotatable bonds is 2. The van der Waals surface area contributed by atoms with E-state index in [1.54, 1.807) is 12.4 Å². The highest BCUT2D eigenvalue weighted by molar-refractivity contribution is 6.29. The van der Waals surface area contributed by atoms with Gasteiger partial charge in [-0.1, -0.05) is 11.6 Å². The zero-order valence-corrected chi connectivity index (χ0v) is 11.7. The maximum Gasteiger partial charge on any atom is 0.231 e. The molecule has 0 aromatic carbocycles. The van der Waals surface area contributed by atoms with Gasteiger partial charge < -0.3 is 4.90 Å². The second-order valence-electron chi connectivity index (χ2n) is 5.59. The Balaban J connectivity index is 1.66. The van der Waals surface area contributed by atoms with Crippen LogP contribution in [0.25, 0.3) is 0 Å². The maximum atomic E-state index is 12.0. The smallest absolute Gasteiger partial charge is 0.231 e. The summed E-state index contributed by atoms with van der Waals surface area (Å²) in [5.74, 6) is 0.291. The minimum Gasteiger partial charge on any atom is -0.344 e. The zero-order chi connectivity index (χ0) is 13.5. The van der Waals surface area contributed by atoms with E-state index in [2.05, 4.69) is 14.9 Å². The van der Waals surface area contributed by atoms with E-state index in [4.69, 9.17) is 11.6 Å². The Hall–Kier alpha value is -1.20. The molecule has 1 unspecified atom stereocenters. The van der Waals surface area contributed by atoms with Crippen molar-refractivity contribution in [2.75, 3.05) is 26.7 Å². The second-order valence-corrected chi connectivity index (χ2v) is 5.97. The SMILES string of the molecule is CN1CC2(CCCN(Cc3cnc(Cl)cn3)C2)C1=O. The average Bonchev–Trinajstić information content (AvgIpc) is 2.42. The molecule has 1 aromatic rings. The van der Waals surface area contributed by atoms with E-state index in [1.807, 2.05) is 11.9 Å². The molecule has 1 aromatic heterocycles. The van der Waals surface area contributed by atoms with Crippen LogP contribution in [-0.2, 0) is 11.3 Å². The number of carbonyl (C=O) groups is 1. The topological polar surface area (TPSA) is 49.3 Å². The van der Waals surface area contributed by atoms with Crippen molar-refractivity contribution in [2.45, 2.75) is 19.4 Å². The van der Waals surface area contributed by atoms with Crippen molar-refractivity contribution in [3.63, 3.8) is 0 Å². The Labute approximate surface area is 117 Å². The van der Waals surface area contributed by atoms with Gasteiger partial charge in [-0.3, -0.25) is 14.7 Å². The number of aromatic nitrogens is 2. The Morgan fingerprint density at radius 3 is 2.84 bits per heavy atom. The third kappa shape index (κ3) is 2.32. The minimum atomic E-state index is -0.132. The fourth-order valence-electron chi connectivity index (χ4n) is 3.22. The fraction of sp³-hybridized carbons (Fsp3) is 0.615. The number of hydrogen-bond acceptors (Lipinski definition) is 4. The minimum absolute atomic E-state index is 0.132. The van der Waals surface area contributed by atoms with Gasteiger partial charge in [0, 0.05) is 26.7 Å². The molecule has 2 saturated heterocycles. The lowest BCUT2D eigenvalue weighted by Gasteiger charge is -2.51. The van der Waals surface area contributed by atoms with Crippen LogP contribution in [0.4, 0.5) is 0 Å². The monoisotopic (exact) mass is 280 g/mol. The maximum absolute atomic E-state index is 12.0. The van der Waals surface area contributed by atoms with Crippen molar-refractivity contribution in [3.05, 3.63) is 23.2 Å². The molecular formula is C13H17ClN4O. The molecular weight excluding hydrogens is 264 g/mol. The van der Waals surface area contributed by atoms with Gasteiger partial charge in [-0.05, 0) is 19.4 Å². The highest BCUT2D eigenvalue weighted by Crippen LogP contribution is 2.39. The number of hydrogen-bond donors (Lipinski definition) is 0. The van der Waals surface area contributed by atoms with E-state index in [0.29, 0.717) is 11.1 Å². The lowest BCUT2D eigenvalue weighted by molar-refractivity contribution is -0.163. The molecule has 2 aliphatic rings. The van der Waals surface area contributed by atoms with Gasteiger partial charge in [0.15, 0.2) is 0 Å². The van der Waals surface area contributed by atoms with Gasteiger partial charge in [0.05, 0.1) is 23.5 Å². The summed E-state index contributed by atoms with van der Waals surface area (Å²) >= 11 is 5.73. The van der Waals surface area contributed by atoms with Gasteiger partial charge in [0.2, 0.25) is 5.91 Å². The summed E-state index contributed by atoms with van der Waals surface area (Å²) in [5.41, 5.74) is 0.772. The highest BCUT2D eigenvalue weighted by Gasteiger charge is 2.52. The van der Waals surface area contributed by atoms with Crippen molar-refractivity contribution in [3.8, 4) is 0 Å². The van der Waals surface area contributed by atoms with E-state index in [-0.39, 0.29) is 5.41 Å². The summed E-state index contributed by atoms with van der Waals surface area (Å²) in [7, 11) is 1.87. The summed E-state index contributed by atoms with van der Waals surface area (Å²) in [5, 5.41) is 0.412. The number of β-lactam (4-membered cyclic amide) rings is 1. The van der Waals surface area contributed by atoms with Crippen LogP contribution in [0.15, 0.2) is 12.4 Å². The predicted molar refractivity (Wildman–Crippen MR) is 71.6 cm³/mol. The van der Waals surface area contributed by atoms with Gasteiger partial charge in [0.1, 0.15) is 5.15 Å². The van der Waals surface area contributed by atoms with Gasteiger partial charge in [-0.2, -0.15) is 0 Å². The van der Waals surface area contributed by atoms with Crippen LogP contribution < -0.4 is 0 Å². The summed E-state index contributed by atoms with van der Waals surface area (Å²) in [4.78, 5) is 24.5. The van der Waals surface area contributed by atoms with E-state index < -0.39 is 0 Å². The molecule has 6 heteroatoms. The first-order chi connectivity index (χ1) is 9.09. The Morgan fingerprint density at radius 2 is 2.21 bits per heavy atom. The van der Waals surface area contributed by atoms with Crippen LogP contribution in [-0.4, -0.2) is 52.4 Å². The second kappa shape index (κ2) is 4.72. The molecule has 1 amide bonds. The van der Waals surface area contributed by atoms with Crippen molar-refractivity contribution >= 4 is 17.5 Å². The third-order valence-electron chi connectivity index (χ3n) is 4.06. The zero-order valence-electron chi connectivity index (χ0n) is 11.0. The van der Waals surface area contributed by atoms with Crippen LogP contribution in [0, 0.1) is 5.41 Å². The van der Waals surface area contributed by atoms with Gasteiger partial charge >= 0.3 is 0 Å².